The summed E-state index contributed by atoms with van der Waals surface area (Å²) in [4.78, 5) is 14.3. The molecule has 1 aliphatic rings. The van der Waals surface area contributed by atoms with Gasteiger partial charge in [-0.1, -0.05) is 28.1 Å². The molecule has 2 heterocycles. The van der Waals surface area contributed by atoms with Gasteiger partial charge in [0.15, 0.2) is 0 Å². The lowest BCUT2D eigenvalue weighted by Crippen LogP contribution is -2.42. The summed E-state index contributed by atoms with van der Waals surface area (Å²) in [5.74, 6) is 0.562. The van der Waals surface area contributed by atoms with Gasteiger partial charge in [0.1, 0.15) is 18.1 Å². The number of nitrogens with zero attached hydrogens (tertiary/aromatic N) is 1. The SMILES string of the molecule is Cl.NCc1cc(C(=O)N2CCOC(c3cccc(Br)c3)C2)co1. The summed E-state index contributed by atoms with van der Waals surface area (Å²) in [6.45, 7) is 1.91. The third kappa shape index (κ3) is 4.14. The fourth-order valence-electron chi connectivity index (χ4n) is 2.52. The highest BCUT2D eigenvalue weighted by Crippen LogP contribution is 2.25. The number of carbonyl (C=O) groups is 1. The van der Waals surface area contributed by atoms with E-state index < -0.39 is 0 Å². The van der Waals surface area contributed by atoms with E-state index in [1.807, 2.05) is 24.3 Å². The molecule has 0 aliphatic carbocycles. The van der Waals surface area contributed by atoms with Crippen LogP contribution in [0.3, 0.4) is 0 Å². The smallest absolute Gasteiger partial charge is 0.257 e. The summed E-state index contributed by atoms with van der Waals surface area (Å²) in [6.07, 6.45) is 1.35. The lowest BCUT2D eigenvalue weighted by Gasteiger charge is -2.33. The van der Waals surface area contributed by atoms with Crippen molar-refractivity contribution in [2.24, 2.45) is 5.73 Å². The Balaban J connectivity index is 0.00000192. The van der Waals surface area contributed by atoms with Crippen LogP contribution in [0.4, 0.5) is 0 Å². The summed E-state index contributed by atoms with van der Waals surface area (Å²) in [5, 5.41) is 0. The molecule has 1 aromatic carbocycles. The first-order chi connectivity index (χ1) is 10.7. The van der Waals surface area contributed by atoms with Crippen molar-refractivity contribution < 1.29 is 13.9 Å². The Morgan fingerprint density at radius 3 is 2.91 bits per heavy atom. The van der Waals surface area contributed by atoms with Crippen molar-refractivity contribution >= 4 is 34.2 Å². The molecule has 1 unspecified atom stereocenters. The van der Waals surface area contributed by atoms with Crippen molar-refractivity contribution in [1.29, 1.82) is 0 Å². The molecule has 0 radical (unpaired) electrons. The number of rotatable bonds is 3. The molecule has 3 rings (SSSR count). The van der Waals surface area contributed by atoms with E-state index >= 15 is 0 Å². The number of ether oxygens (including phenoxy) is 1. The number of carbonyl (C=O) groups excluding carboxylic acids is 1. The van der Waals surface area contributed by atoms with Crippen LogP contribution >= 0.6 is 28.3 Å². The molecule has 1 amide bonds. The molecule has 23 heavy (non-hydrogen) atoms. The molecule has 2 aromatic rings. The summed E-state index contributed by atoms with van der Waals surface area (Å²) >= 11 is 3.46. The van der Waals surface area contributed by atoms with Crippen molar-refractivity contribution in [3.8, 4) is 0 Å². The average Bonchev–Trinajstić information content (AvgIpc) is 3.03. The molecular weight excluding hydrogens is 384 g/mol. The van der Waals surface area contributed by atoms with Gasteiger partial charge >= 0.3 is 0 Å². The van der Waals surface area contributed by atoms with Gasteiger partial charge in [-0.05, 0) is 23.8 Å². The van der Waals surface area contributed by atoms with Gasteiger partial charge in [-0.15, -0.1) is 12.4 Å². The number of hydrogen-bond donors (Lipinski definition) is 1. The van der Waals surface area contributed by atoms with E-state index in [9.17, 15) is 4.79 Å². The number of morpholine rings is 1. The fraction of sp³-hybridized carbons (Fsp3) is 0.312. The van der Waals surface area contributed by atoms with Crippen LogP contribution in [0, 0.1) is 0 Å². The van der Waals surface area contributed by atoms with E-state index in [4.69, 9.17) is 14.9 Å². The number of furan rings is 1. The first-order valence-corrected chi connectivity index (χ1v) is 7.90. The normalized spacial score (nSPS) is 17.7. The number of halogens is 2. The van der Waals surface area contributed by atoms with Crippen LogP contribution in [0.2, 0.25) is 0 Å². The topological polar surface area (TPSA) is 68.7 Å². The van der Waals surface area contributed by atoms with Gasteiger partial charge in [-0.25, -0.2) is 0 Å². The molecule has 1 saturated heterocycles. The molecule has 5 nitrogen and oxygen atoms in total. The zero-order valence-electron chi connectivity index (χ0n) is 12.4. The maximum absolute atomic E-state index is 12.5. The van der Waals surface area contributed by atoms with Crippen LogP contribution in [-0.2, 0) is 11.3 Å². The number of amides is 1. The molecular formula is C16H18BrClN2O3. The van der Waals surface area contributed by atoms with Crippen LogP contribution in [-0.4, -0.2) is 30.5 Å². The van der Waals surface area contributed by atoms with Gasteiger partial charge in [0.2, 0.25) is 0 Å². The van der Waals surface area contributed by atoms with Gasteiger partial charge in [0.05, 0.1) is 25.3 Å². The van der Waals surface area contributed by atoms with E-state index in [1.54, 1.807) is 11.0 Å². The summed E-state index contributed by atoms with van der Waals surface area (Å²) in [7, 11) is 0. The molecule has 1 aliphatic heterocycles. The van der Waals surface area contributed by atoms with Crippen LogP contribution < -0.4 is 5.73 Å². The third-order valence-electron chi connectivity index (χ3n) is 3.68. The predicted octanol–water partition coefficient (Wildman–Crippen LogP) is 3.14. The molecule has 0 spiro atoms. The molecule has 7 heteroatoms. The predicted molar refractivity (Wildman–Crippen MR) is 92.6 cm³/mol. The standard InChI is InChI=1S/C16H17BrN2O3.ClH/c17-13-3-1-2-11(6-13)15-9-19(4-5-21-15)16(20)12-7-14(8-18)22-10-12;/h1-3,6-7,10,15H,4-5,8-9,18H2;1H. The first-order valence-electron chi connectivity index (χ1n) is 7.11. The average molecular weight is 402 g/mol. The van der Waals surface area contributed by atoms with E-state index in [0.29, 0.717) is 31.0 Å². The van der Waals surface area contributed by atoms with Crippen LogP contribution in [0.15, 0.2) is 45.5 Å². The second-order valence-electron chi connectivity index (χ2n) is 5.17. The second kappa shape index (κ2) is 7.97. The number of benzene rings is 1. The maximum Gasteiger partial charge on any atom is 0.257 e. The van der Waals surface area contributed by atoms with Gasteiger partial charge < -0.3 is 19.8 Å². The molecule has 0 saturated carbocycles. The lowest BCUT2D eigenvalue weighted by atomic mass is 10.1. The Bertz CT molecular complexity index is 677. The Hall–Kier alpha value is -1.34. The molecule has 2 N–H and O–H groups in total. The third-order valence-corrected chi connectivity index (χ3v) is 4.17. The number of hydrogen-bond acceptors (Lipinski definition) is 4. The maximum atomic E-state index is 12.5. The minimum atomic E-state index is -0.115. The minimum Gasteiger partial charge on any atom is -0.467 e. The molecule has 1 atom stereocenters. The van der Waals surface area contributed by atoms with E-state index in [0.717, 1.165) is 10.0 Å². The van der Waals surface area contributed by atoms with Crippen molar-refractivity contribution in [1.82, 2.24) is 4.90 Å². The molecule has 1 aromatic heterocycles. The van der Waals surface area contributed by atoms with E-state index in [2.05, 4.69) is 15.9 Å². The van der Waals surface area contributed by atoms with Gasteiger partial charge in [-0.2, -0.15) is 0 Å². The molecule has 1 fully saturated rings. The lowest BCUT2D eigenvalue weighted by molar-refractivity contribution is -0.0228. The van der Waals surface area contributed by atoms with Gasteiger partial charge in [-0.3, -0.25) is 4.79 Å². The Labute approximate surface area is 149 Å². The van der Waals surface area contributed by atoms with Crippen molar-refractivity contribution in [3.05, 3.63) is 58.0 Å². The van der Waals surface area contributed by atoms with Gasteiger partial charge in [0, 0.05) is 11.0 Å². The van der Waals surface area contributed by atoms with Crippen LogP contribution in [0.5, 0.6) is 0 Å². The van der Waals surface area contributed by atoms with Crippen molar-refractivity contribution in [2.45, 2.75) is 12.6 Å². The van der Waals surface area contributed by atoms with Crippen molar-refractivity contribution in [3.63, 3.8) is 0 Å². The first kappa shape index (κ1) is 18.0. The van der Waals surface area contributed by atoms with E-state index in [1.165, 1.54) is 6.26 Å². The molecule has 0 bridgehead atoms. The van der Waals surface area contributed by atoms with Gasteiger partial charge in [0.25, 0.3) is 5.91 Å². The second-order valence-corrected chi connectivity index (χ2v) is 6.09. The highest BCUT2D eigenvalue weighted by Gasteiger charge is 2.27. The van der Waals surface area contributed by atoms with Crippen LogP contribution in [0.1, 0.15) is 27.8 Å². The van der Waals surface area contributed by atoms with E-state index in [-0.39, 0.29) is 31.0 Å². The Kier molecular flexibility index (Phi) is 6.24. The summed E-state index contributed by atoms with van der Waals surface area (Å²) in [5.41, 5.74) is 7.11. The fourth-order valence-corrected chi connectivity index (χ4v) is 2.94. The minimum absolute atomic E-state index is 0. The van der Waals surface area contributed by atoms with Crippen molar-refractivity contribution in [2.75, 3.05) is 19.7 Å². The summed E-state index contributed by atoms with van der Waals surface area (Å²) < 4.78 is 12.0. The highest BCUT2D eigenvalue weighted by molar-refractivity contribution is 9.10. The van der Waals surface area contributed by atoms with Crippen LogP contribution in [0.25, 0.3) is 0 Å². The Morgan fingerprint density at radius 2 is 2.22 bits per heavy atom. The highest BCUT2D eigenvalue weighted by atomic mass is 79.9. The summed E-state index contributed by atoms with van der Waals surface area (Å²) in [6, 6.07) is 9.66. The number of nitrogens with two attached hydrogens (primary N) is 1. The Morgan fingerprint density at radius 1 is 1.39 bits per heavy atom. The quantitative estimate of drug-likeness (QED) is 0.858. The monoisotopic (exact) mass is 400 g/mol. The molecule has 124 valence electrons. The zero-order valence-corrected chi connectivity index (χ0v) is 14.8. The zero-order chi connectivity index (χ0) is 15.5. The largest absolute Gasteiger partial charge is 0.467 e.